The van der Waals surface area contributed by atoms with E-state index in [9.17, 15) is 9.90 Å². The van der Waals surface area contributed by atoms with Crippen molar-refractivity contribution in [3.8, 4) is 0 Å². The first kappa shape index (κ1) is 15.7. The van der Waals surface area contributed by atoms with Crippen molar-refractivity contribution in [1.29, 1.82) is 0 Å². The Morgan fingerprint density at radius 1 is 1.58 bits per heavy atom. The Bertz CT molecular complexity index is 411. The molecule has 0 radical (unpaired) electrons. The van der Waals surface area contributed by atoms with E-state index in [0.717, 1.165) is 5.56 Å². The number of aromatic nitrogens is 2. The lowest BCUT2D eigenvalue weighted by Gasteiger charge is -2.26. The van der Waals surface area contributed by atoms with Crippen molar-refractivity contribution in [2.24, 2.45) is 12.5 Å². The van der Waals surface area contributed by atoms with Crippen molar-refractivity contribution in [3.63, 3.8) is 0 Å². The van der Waals surface area contributed by atoms with E-state index in [1.165, 1.54) is 0 Å². The SMILES string of the molecule is CC(O)CC(C)(C)CNC(=O)CCc1cnn(C)c1. The number of aliphatic hydroxyl groups excluding tert-OH is 1. The molecule has 1 atom stereocenters. The van der Waals surface area contributed by atoms with Gasteiger partial charge in [0.2, 0.25) is 5.91 Å². The van der Waals surface area contributed by atoms with Gasteiger partial charge in [-0.25, -0.2) is 0 Å². The van der Waals surface area contributed by atoms with E-state index in [1.54, 1.807) is 17.8 Å². The van der Waals surface area contributed by atoms with Crippen LogP contribution in [-0.2, 0) is 18.3 Å². The maximum atomic E-state index is 11.8. The normalized spacial score (nSPS) is 13.3. The smallest absolute Gasteiger partial charge is 0.220 e. The summed E-state index contributed by atoms with van der Waals surface area (Å²) in [6.45, 7) is 6.44. The predicted molar refractivity (Wildman–Crippen MR) is 74.6 cm³/mol. The minimum absolute atomic E-state index is 0.0440. The summed E-state index contributed by atoms with van der Waals surface area (Å²) in [7, 11) is 1.86. The lowest BCUT2D eigenvalue weighted by Crippen LogP contribution is -2.35. The van der Waals surface area contributed by atoms with Gasteiger partial charge in [-0.05, 0) is 30.7 Å². The van der Waals surface area contributed by atoms with E-state index in [-0.39, 0.29) is 17.4 Å². The van der Waals surface area contributed by atoms with Crippen molar-refractivity contribution >= 4 is 5.91 Å². The molecule has 0 aliphatic rings. The van der Waals surface area contributed by atoms with Gasteiger partial charge < -0.3 is 10.4 Å². The Morgan fingerprint density at radius 2 is 2.26 bits per heavy atom. The van der Waals surface area contributed by atoms with Crippen LogP contribution in [0.5, 0.6) is 0 Å². The summed E-state index contributed by atoms with van der Waals surface area (Å²) in [5.41, 5.74) is 0.985. The zero-order valence-corrected chi connectivity index (χ0v) is 12.3. The molecule has 0 aliphatic heterocycles. The van der Waals surface area contributed by atoms with Gasteiger partial charge >= 0.3 is 0 Å². The second kappa shape index (κ2) is 6.70. The summed E-state index contributed by atoms with van der Waals surface area (Å²) >= 11 is 0. The van der Waals surface area contributed by atoms with Gasteiger partial charge in [-0.15, -0.1) is 0 Å². The van der Waals surface area contributed by atoms with Crippen molar-refractivity contribution < 1.29 is 9.90 Å². The van der Waals surface area contributed by atoms with E-state index in [4.69, 9.17) is 0 Å². The van der Waals surface area contributed by atoms with Crippen molar-refractivity contribution in [3.05, 3.63) is 18.0 Å². The number of aliphatic hydroxyl groups is 1. The molecule has 0 fully saturated rings. The second-order valence-electron chi connectivity index (χ2n) is 6.02. The molecule has 1 heterocycles. The third kappa shape index (κ3) is 6.38. The molecule has 1 amide bonds. The van der Waals surface area contributed by atoms with E-state index in [1.807, 2.05) is 27.1 Å². The molecule has 5 heteroatoms. The standard InChI is InChI=1S/C14H25N3O2/c1-11(18)7-14(2,3)10-15-13(19)6-5-12-8-16-17(4)9-12/h8-9,11,18H,5-7,10H2,1-4H3,(H,15,19). The van der Waals surface area contributed by atoms with Crippen molar-refractivity contribution in [2.45, 2.75) is 46.1 Å². The molecule has 5 nitrogen and oxygen atoms in total. The molecule has 2 N–H and O–H groups in total. The molecule has 0 aliphatic carbocycles. The maximum Gasteiger partial charge on any atom is 0.220 e. The van der Waals surface area contributed by atoms with Crippen LogP contribution in [0.1, 0.15) is 39.2 Å². The molecule has 1 aromatic rings. The highest BCUT2D eigenvalue weighted by Crippen LogP contribution is 2.21. The number of carbonyl (C=O) groups is 1. The van der Waals surface area contributed by atoms with Gasteiger partial charge in [0, 0.05) is 26.2 Å². The van der Waals surface area contributed by atoms with Crippen LogP contribution in [0.25, 0.3) is 0 Å². The summed E-state index contributed by atoms with van der Waals surface area (Å²) < 4.78 is 1.74. The first-order valence-electron chi connectivity index (χ1n) is 6.71. The van der Waals surface area contributed by atoms with Gasteiger partial charge in [-0.1, -0.05) is 13.8 Å². The van der Waals surface area contributed by atoms with Gasteiger partial charge in [0.1, 0.15) is 0 Å². The first-order valence-corrected chi connectivity index (χ1v) is 6.71. The third-order valence-corrected chi connectivity index (χ3v) is 3.01. The Hall–Kier alpha value is -1.36. The molecule has 108 valence electrons. The average Bonchev–Trinajstić information content (AvgIpc) is 2.68. The molecule has 0 bridgehead atoms. The fourth-order valence-electron chi connectivity index (χ4n) is 2.16. The number of rotatable bonds is 7. The van der Waals surface area contributed by atoms with Crippen LogP contribution in [-0.4, -0.2) is 33.4 Å². The highest BCUT2D eigenvalue weighted by Gasteiger charge is 2.20. The average molecular weight is 267 g/mol. The lowest BCUT2D eigenvalue weighted by atomic mass is 9.87. The van der Waals surface area contributed by atoms with E-state index in [0.29, 0.717) is 25.8 Å². The predicted octanol–water partition coefficient (Wildman–Crippen LogP) is 1.27. The number of carbonyl (C=O) groups excluding carboxylic acids is 1. The molecule has 1 unspecified atom stereocenters. The van der Waals surface area contributed by atoms with E-state index in [2.05, 4.69) is 10.4 Å². The molecule has 0 aromatic carbocycles. The molecule has 19 heavy (non-hydrogen) atoms. The highest BCUT2D eigenvalue weighted by atomic mass is 16.3. The number of nitrogens with one attached hydrogen (secondary N) is 1. The van der Waals surface area contributed by atoms with Gasteiger partial charge in [-0.3, -0.25) is 9.48 Å². The minimum atomic E-state index is -0.345. The van der Waals surface area contributed by atoms with Gasteiger partial charge in [0.05, 0.1) is 12.3 Å². The zero-order valence-electron chi connectivity index (χ0n) is 12.3. The third-order valence-electron chi connectivity index (χ3n) is 3.01. The van der Waals surface area contributed by atoms with Crippen LogP contribution in [0.15, 0.2) is 12.4 Å². The number of nitrogens with zero attached hydrogens (tertiary/aromatic N) is 2. The van der Waals surface area contributed by atoms with Crippen LogP contribution in [0.3, 0.4) is 0 Å². The summed E-state index contributed by atoms with van der Waals surface area (Å²) in [6.07, 6.45) is 5.21. The fourth-order valence-corrected chi connectivity index (χ4v) is 2.16. The quantitative estimate of drug-likeness (QED) is 0.781. The summed E-state index contributed by atoms with van der Waals surface area (Å²) in [5, 5.41) is 16.4. The number of aryl methyl sites for hydroxylation is 2. The lowest BCUT2D eigenvalue weighted by molar-refractivity contribution is -0.121. The minimum Gasteiger partial charge on any atom is -0.393 e. The summed E-state index contributed by atoms with van der Waals surface area (Å²) in [6, 6.07) is 0. The molecular weight excluding hydrogens is 242 g/mol. The topological polar surface area (TPSA) is 67.2 Å². The first-order chi connectivity index (χ1) is 8.78. The van der Waals surface area contributed by atoms with Gasteiger partial charge in [-0.2, -0.15) is 5.10 Å². The number of hydrogen-bond acceptors (Lipinski definition) is 3. The van der Waals surface area contributed by atoms with Gasteiger partial charge in [0.25, 0.3) is 0 Å². The summed E-state index contributed by atoms with van der Waals surface area (Å²) in [5.74, 6) is 0.0440. The van der Waals surface area contributed by atoms with Crippen LogP contribution < -0.4 is 5.32 Å². The highest BCUT2D eigenvalue weighted by molar-refractivity contribution is 5.76. The molecule has 0 spiro atoms. The van der Waals surface area contributed by atoms with Crippen LogP contribution in [0, 0.1) is 5.41 Å². The molecular formula is C14H25N3O2. The Labute approximate surface area is 115 Å². The zero-order chi connectivity index (χ0) is 14.5. The maximum absolute atomic E-state index is 11.8. The van der Waals surface area contributed by atoms with Gasteiger partial charge in [0.15, 0.2) is 0 Å². The second-order valence-corrected chi connectivity index (χ2v) is 6.02. The monoisotopic (exact) mass is 267 g/mol. The summed E-state index contributed by atoms with van der Waals surface area (Å²) in [4.78, 5) is 11.8. The Kier molecular flexibility index (Phi) is 5.54. The largest absolute Gasteiger partial charge is 0.393 e. The van der Waals surface area contributed by atoms with E-state index < -0.39 is 0 Å². The fraction of sp³-hybridized carbons (Fsp3) is 0.714. The number of hydrogen-bond donors (Lipinski definition) is 2. The number of amides is 1. The van der Waals surface area contributed by atoms with Crippen LogP contribution in [0.2, 0.25) is 0 Å². The molecule has 1 aromatic heterocycles. The van der Waals surface area contributed by atoms with Crippen molar-refractivity contribution in [2.75, 3.05) is 6.54 Å². The van der Waals surface area contributed by atoms with Crippen LogP contribution >= 0.6 is 0 Å². The Balaban J connectivity index is 2.28. The van der Waals surface area contributed by atoms with Crippen molar-refractivity contribution in [1.82, 2.24) is 15.1 Å². The van der Waals surface area contributed by atoms with Crippen LogP contribution in [0.4, 0.5) is 0 Å². The van der Waals surface area contributed by atoms with E-state index >= 15 is 0 Å². The molecule has 0 saturated carbocycles. The molecule has 0 saturated heterocycles. The molecule has 1 rings (SSSR count). The Morgan fingerprint density at radius 3 is 2.79 bits per heavy atom.